The molecule has 0 saturated carbocycles. The molecule has 0 aromatic rings. The maximum absolute atomic E-state index is 11.0. The second-order valence-electron chi connectivity index (χ2n) is 2.70. The molecule has 58 valence electrons. The number of fused-ring (bicyclic) bond motifs is 1. The van der Waals surface area contributed by atoms with Gasteiger partial charge in [0.05, 0.1) is 0 Å². The van der Waals surface area contributed by atoms with Gasteiger partial charge in [0.1, 0.15) is 0 Å². The lowest BCUT2D eigenvalue weighted by Gasteiger charge is -1.89. The Morgan fingerprint density at radius 3 is 1.75 bits per heavy atom. The van der Waals surface area contributed by atoms with E-state index in [4.69, 9.17) is 0 Å². The fraction of sp³-hybridized carbons (Fsp3) is 0. The second-order valence-corrected chi connectivity index (χ2v) is 2.70. The minimum atomic E-state index is 0.0798. The van der Waals surface area contributed by atoms with Crippen molar-refractivity contribution in [2.24, 2.45) is 0 Å². The third-order valence-electron chi connectivity index (χ3n) is 1.81. The van der Waals surface area contributed by atoms with E-state index in [2.05, 4.69) is 0 Å². The molecule has 0 aromatic carbocycles. The van der Waals surface area contributed by atoms with Crippen LogP contribution in [0.4, 0.5) is 0 Å². The summed E-state index contributed by atoms with van der Waals surface area (Å²) in [5.74, 6) is 0. The van der Waals surface area contributed by atoms with Crippen molar-refractivity contribution in [3.63, 3.8) is 0 Å². The highest BCUT2D eigenvalue weighted by Gasteiger charge is 1.99. The molecule has 0 amide bonds. The van der Waals surface area contributed by atoms with Crippen molar-refractivity contribution in [2.75, 3.05) is 0 Å². The lowest BCUT2D eigenvalue weighted by atomic mass is 10.1. The standard InChI is InChI=1S/C11H8O/c12-11-7-9-5-3-1-2-4-6-10(9)8-11/h1-8H. The first-order valence-corrected chi connectivity index (χ1v) is 3.85. The molecule has 0 atom stereocenters. The van der Waals surface area contributed by atoms with Gasteiger partial charge < -0.3 is 0 Å². The molecule has 1 nitrogen and oxygen atoms in total. The van der Waals surface area contributed by atoms with Crippen molar-refractivity contribution in [1.29, 1.82) is 0 Å². The molecule has 0 aliphatic heterocycles. The van der Waals surface area contributed by atoms with Gasteiger partial charge in [0, 0.05) is 0 Å². The van der Waals surface area contributed by atoms with Gasteiger partial charge in [-0.1, -0.05) is 36.4 Å². The number of hydrogen-bond acceptors (Lipinski definition) is 1. The number of rotatable bonds is 0. The van der Waals surface area contributed by atoms with Crippen molar-refractivity contribution in [2.45, 2.75) is 0 Å². The highest BCUT2D eigenvalue weighted by atomic mass is 16.1. The molecule has 12 heavy (non-hydrogen) atoms. The molecule has 2 rings (SSSR count). The van der Waals surface area contributed by atoms with Crippen LogP contribution in [0, 0.1) is 0 Å². The molecule has 0 heterocycles. The Labute approximate surface area is 70.6 Å². The zero-order valence-electron chi connectivity index (χ0n) is 6.53. The summed E-state index contributed by atoms with van der Waals surface area (Å²) >= 11 is 0. The lowest BCUT2D eigenvalue weighted by molar-refractivity contribution is 1.71. The van der Waals surface area contributed by atoms with Crippen molar-refractivity contribution < 1.29 is 0 Å². The maximum Gasteiger partial charge on any atom is 0.179 e. The minimum absolute atomic E-state index is 0.0798. The van der Waals surface area contributed by atoms with Crippen LogP contribution in [-0.4, -0.2) is 0 Å². The summed E-state index contributed by atoms with van der Waals surface area (Å²) in [4.78, 5) is 11.0. The van der Waals surface area contributed by atoms with Crippen LogP contribution < -0.4 is 5.43 Å². The van der Waals surface area contributed by atoms with E-state index >= 15 is 0 Å². The summed E-state index contributed by atoms with van der Waals surface area (Å²) in [7, 11) is 0. The molecule has 1 heteroatoms. The van der Waals surface area contributed by atoms with Crippen LogP contribution in [0.25, 0.3) is 11.1 Å². The predicted molar refractivity (Wildman–Crippen MR) is 49.3 cm³/mol. The van der Waals surface area contributed by atoms with Gasteiger partial charge in [0.25, 0.3) is 0 Å². The van der Waals surface area contributed by atoms with Crippen LogP contribution in [0.3, 0.4) is 0 Å². The van der Waals surface area contributed by atoms with Gasteiger partial charge in [0.15, 0.2) is 5.43 Å². The Hall–Kier alpha value is -1.63. The predicted octanol–water partition coefficient (Wildman–Crippen LogP) is 2.15. The molecule has 0 bridgehead atoms. The monoisotopic (exact) mass is 156 g/mol. The van der Waals surface area contributed by atoms with Crippen molar-refractivity contribution in [1.82, 2.24) is 0 Å². The van der Waals surface area contributed by atoms with E-state index < -0.39 is 0 Å². The zero-order chi connectivity index (χ0) is 8.39. The topological polar surface area (TPSA) is 17.1 Å². The van der Waals surface area contributed by atoms with Gasteiger partial charge in [-0.2, -0.15) is 0 Å². The first-order valence-electron chi connectivity index (χ1n) is 3.85. The molecule has 0 saturated heterocycles. The molecule has 0 spiro atoms. The number of hydrogen-bond donors (Lipinski definition) is 0. The SMILES string of the molecule is O=c1cc2ccccccc-2c1. The molecule has 2 aliphatic rings. The van der Waals surface area contributed by atoms with E-state index in [0.717, 1.165) is 11.1 Å². The molecule has 2 aliphatic carbocycles. The van der Waals surface area contributed by atoms with Crippen molar-refractivity contribution >= 4 is 0 Å². The van der Waals surface area contributed by atoms with E-state index in [1.807, 2.05) is 36.4 Å². The van der Waals surface area contributed by atoms with E-state index in [1.165, 1.54) is 0 Å². The fourth-order valence-electron chi connectivity index (χ4n) is 1.25. The first kappa shape index (κ1) is 7.04. The molecular weight excluding hydrogens is 148 g/mol. The Kier molecular flexibility index (Phi) is 1.63. The van der Waals surface area contributed by atoms with Crippen molar-refractivity contribution in [3.05, 3.63) is 58.8 Å². The third kappa shape index (κ3) is 1.21. The summed E-state index contributed by atoms with van der Waals surface area (Å²) in [5, 5.41) is 0. The average Bonchev–Trinajstić information content (AvgIpc) is 2.32. The summed E-state index contributed by atoms with van der Waals surface area (Å²) in [5.41, 5.74) is 2.08. The van der Waals surface area contributed by atoms with Gasteiger partial charge in [-0.25, -0.2) is 0 Å². The van der Waals surface area contributed by atoms with E-state index in [1.54, 1.807) is 12.1 Å². The quantitative estimate of drug-likeness (QED) is 0.571. The zero-order valence-corrected chi connectivity index (χ0v) is 6.53. The smallest absolute Gasteiger partial charge is 0.179 e. The van der Waals surface area contributed by atoms with Gasteiger partial charge in [-0.05, 0) is 23.3 Å². The minimum Gasteiger partial charge on any atom is -0.290 e. The summed E-state index contributed by atoms with van der Waals surface area (Å²) < 4.78 is 0. The Bertz CT molecular complexity index is 382. The summed E-state index contributed by atoms with van der Waals surface area (Å²) in [6, 6.07) is 14.9. The van der Waals surface area contributed by atoms with E-state index in [0.29, 0.717) is 0 Å². The molecule has 0 N–H and O–H groups in total. The van der Waals surface area contributed by atoms with Gasteiger partial charge in [-0.3, -0.25) is 4.79 Å². The lowest BCUT2D eigenvalue weighted by Crippen LogP contribution is -1.83. The molecule has 0 radical (unpaired) electrons. The van der Waals surface area contributed by atoms with Crippen molar-refractivity contribution in [3.8, 4) is 11.1 Å². The third-order valence-corrected chi connectivity index (χ3v) is 1.81. The van der Waals surface area contributed by atoms with Crippen LogP contribution in [0.15, 0.2) is 53.3 Å². The largest absolute Gasteiger partial charge is 0.290 e. The highest BCUT2D eigenvalue weighted by molar-refractivity contribution is 5.64. The van der Waals surface area contributed by atoms with Gasteiger partial charge in [0.2, 0.25) is 0 Å². The summed E-state index contributed by atoms with van der Waals surface area (Å²) in [6.45, 7) is 0. The molecule has 0 unspecified atom stereocenters. The molecule has 0 fully saturated rings. The van der Waals surface area contributed by atoms with Gasteiger partial charge >= 0.3 is 0 Å². The fourth-order valence-corrected chi connectivity index (χ4v) is 1.25. The van der Waals surface area contributed by atoms with E-state index in [-0.39, 0.29) is 5.43 Å². The van der Waals surface area contributed by atoms with Crippen LogP contribution >= 0.6 is 0 Å². The Balaban J connectivity index is 2.79. The second kappa shape index (κ2) is 2.78. The summed E-state index contributed by atoms with van der Waals surface area (Å²) in [6.07, 6.45) is 0. The first-order chi connectivity index (χ1) is 5.86. The average molecular weight is 156 g/mol. The van der Waals surface area contributed by atoms with Crippen LogP contribution in [0.1, 0.15) is 0 Å². The van der Waals surface area contributed by atoms with Crippen LogP contribution in [-0.2, 0) is 0 Å². The Morgan fingerprint density at radius 2 is 1.25 bits per heavy atom. The molecule has 0 aromatic heterocycles. The maximum atomic E-state index is 11.0. The van der Waals surface area contributed by atoms with Gasteiger partial charge in [-0.15, -0.1) is 0 Å². The molecular formula is C11H8O. The van der Waals surface area contributed by atoms with Crippen LogP contribution in [0.2, 0.25) is 0 Å². The van der Waals surface area contributed by atoms with Crippen LogP contribution in [0.5, 0.6) is 0 Å². The Morgan fingerprint density at radius 1 is 0.750 bits per heavy atom. The van der Waals surface area contributed by atoms with E-state index in [9.17, 15) is 4.79 Å². The highest BCUT2D eigenvalue weighted by Crippen LogP contribution is 2.16. The normalized spacial score (nSPS) is 10.0.